The fourth-order valence-corrected chi connectivity index (χ4v) is 3.53. The normalized spacial score (nSPS) is 26.9. The van der Waals surface area contributed by atoms with Crippen LogP contribution in [0.2, 0.25) is 0 Å². The molecular weight excluding hydrogens is 278 g/mol. The molecule has 120 valence electrons. The number of nitrogens with one attached hydrogen (secondary N) is 3. The molecule has 5 heteroatoms. The molecule has 1 aromatic carbocycles. The highest BCUT2D eigenvalue weighted by Crippen LogP contribution is 2.34. The molecule has 0 radical (unpaired) electrons. The summed E-state index contributed by atoms with van der Waals surface area (Å²) in [5, 5.41) is 3.06. The lowest BCUT2D eigenvalue weighted by molar-refractivity contribution is -0.121. The Hall–Kier alpha value is -1.43. The van der Waals surface area contributed by atoms with Crippen LogP contribution in [0.5, 0.6) is 0 Å². The molecule has 0 spiro atoms. The number of aryl methyl sites for hydroxylation is 1. The van der Waals surface area contributed by atoms with Gasteiger partial charge in [-0.15, -0.1) is 0 Å². The van der Waals surface area contributed by atoms with Crippen LogP contribution in [0.4, 0.5) is 0 Å². The molecule has 1 aromatic rings. The van der Waals surface area contributed by atoms with Crippen molar-refractivity contribution in [2.45, 2.75) is 43.7 Å². The van der Waals surface area contributed by atoms with Crippen molar-refractivity contribution in [2.24, 2.45) is 0 Å². The molecule has 0 aromatic heterocycles. The third-order valence-electron chi connectivity index (χ3n) is 4.66. The summed E-state index contributed by atoms with van der Waals surface area (Å²) < 4.78 is 5.13. The lowest BCUT2D eigenvalue weighted by atomic mass is 9.97. The molecule has 1 saturated heterocycles. The number of rotatable bonds is 6. The molecule has 0 bridgehead atoms. The maximum absolute atomic E-state index is 12.2. The zero-order valence-corrected chi connectivity index (χ0v) is 13.1. The van der Waals surface area contributed by atoms with Gasteiger partial charge in [-0.25, -0.2) is 0 Å². The second-order valence-corrected chi connectivity index (χ2v) is 6.32. The average molecular weight is 303 g/mol. The third kappa shape index (κ3) is 3.66. The van der Waals surface area contributed by atoms with Gasteiger partial charge in [0.05, 0.1) is 6.61 Å². The Bertz CT molecular complexity index is 520. The molecule has 2 aliphatic rings. The number of carbonyl (C=O) groups is 1. The minimum absolute atomic E-state index is 0.152. The molecule has 3 atom stereocenters. The number of methoxy groups -OCH3 is 1. The number of hydrogen-bond acceptors (Lipinski definition) is 4. The Balaban J connectivity index is 1.42. The van der Waals surface area contributed by atoms with Crippen LogP contribution < -0.4 is 16.2 Å². The molecule has 1 aliphatic carbocycles. The summed E-state index contributed by atoms with van der Waals surface area (Å²) in [7, 11) is 1.70. The van der Waals surface area contributed by atoms with Crippen molar-refractivity contribution in [2.75, 3.05) is 20.3 Å². The summed E-state index contributed by atoms with van der Waals surface area (Å²) in [4.78, 5) is 12.2. The predicted octanol–water partition coefficient (Wildman–Crippen LogP) is 1.10. The van der Waals surface area contributed by atoms with Gasteiger partial charge in [0.25, 0.3) is 0 Å². The van der Waals surface area contributed by atoms with Crippen LogP contribution in [0.25, 0.3) is 0 Å². The molecule has 1 heterocycles. The van der Waals surface area contributed by atoms with E-state index in [1.165, 1.54) is 11.1 Å². The summed E-state index contributed by atoms with van der Waals surface area (Å²) in [5.41, 5.74) is 9.17. The molecule has 1 aliphatic heterocycles. The van der Waals surface area contributed by atoms with Crippen molar-refractivity contribution < 1.29 is 9.53 Å². The van der Waals surface area contributed by atoms with Crippen LogP contribution in [-0.4, -0.2) is 38.3 Å². The number of benzene rings is 1. The molecule has 5 nitrogen and oxygen atoms in total. The molecular formula is C17H25N3O2. The molecule has 3 N–H and O–H groups in total. The monoisotopic (exact) mass is 303 g/mol. The van der Waals surface area contributed by atoms with Crippen molar-refractivity contribution >= 4 is 5.91 Å². The van der Waals surface area contributed by atoms with Crippen molar-refractivity contribution in [3.8, 4) is 0 Å². The molecule has 1 fully saturated rings. The van der Waals surface area contributed by atoms with Crippen LogP contribution >= 0.6 is 0 Å². The highest BCUT2D eigenvalue weighted by atomic mass is 16.5. The molecule has 3 rings (SSSR count). The first-order chi connectivity index (χ1) is 10.8. The number of fused-ring (bicyclic) bond motifs is 1. The van der Waals surface area contributed by atoms with Gasteiger partial charge >= 0.3 is 0 Å². The van der Waals surface area contributed by atoms with Crippen LogP contribution in [-0.2, 0) is 16.0 Å². The maximum Gasteiger partial charge on any atom is 0.220 e. The van der Waals surface area contributed by atoms with Crippen molar-refractivity contribution in [1.82, 2.24) is 16.2 Å². The largest absolute Gasteiger partial charge is 0.383 e. The van der Waals surface area contributed by atoms with Crippen LogP contribution in [0.3, 0.4) is 0 Å². The predicted molar refractivity (Wildman–Crippen MR) is 85.5 cm³/mol. The standard InChI is InChI=1S/C17H25N3O2/c1-22-11-15-9-14(19-20-15)10-18-17(21)8-13-7-6-12-4-2-3-5-16(12)13/h2-5,13-15,19-20H,6-11H2,1H3,(H,18,21). The van der Waals surface area contributed by atoms with Gasteiger partial charge in [0.2, 0.25) is 5.91 Å². The quantitative estimate of drug-likeness (QED) is 0.736. The fourth-order valence-electron chi connectivity index (χ4n) is 3.53. The second-order valence-electron chi connectivity index (χ2n) is 6.32. The molecule has 0 saturated carbocycles. The van der Waals surface area contributed by atoms with E-state index >= 15 is 0 Å². The second kappa shape index (κ2) is 7.22. The molecule has 22 heavy (non-hydrogen) atoms. The smallest absolute Gasteiger partial charge is 0.220 e. The number of hydrogen-bond donors (Lipinski definition) is 3. The number of ether oxygens (including phenoxy) is 1. The number of hydrazine groups is 1. The molecule has 3 unspecified atom stereocenters. The minimum Gasteiger partial charge on any atom is -0.383 e. The highest BCUT2D eigenvalue weighted by Gasteiger charge is 2.26. The van der Waals surface area contributed by atoms with Crippen LogP contribution in [0.15, 0.2) is 24.3 Å². The van der Waals surface area contributed by atoms with E-state index in [2.05, 4.69) is 40.4 Å². The van der Waals surface area contributed by atoms with Crippen molar-refractivity contribution in [1.29, 1.82) is 0 Å². The topological polar surface area (TPSA) is 62.4 Å². The van der Waals surface area contributed by atoms with Crippen LogP contribution in [0.1, 0.15) is 36.3 Å². The van der Waals surface area contributed by atoms with Gasteiger partial charge in [-0.1, -0.05) is 24.3 Å². The van der Waals surface area contributed by atoms with E-state index < -0.39 is 0 Å². The average Bonchev–Trinajstić information content (AvgIpc) is 3.13. The van der Waals surface area contributed by atoms with Crippen molar-refractivity contribution in [3.63, 3.8) is 0 Å². The zero-order chi connectivity index (χ0) is 15.4. The van der Waals surface area contributed by atoms with E-state index in [1.54, 1.807) is 7.11 Å². The van der Waals surface area contributed by atoms with Gasteiger partial charge in [-0.05, 0) is 36.3 Å². The van der Waals surface area contributed by atoms with E-state index in [1.807, 2.05) is 0 Å². The van der Waals surface area contributed by atoms with E-state index in [9.17, 15) is 4.79 Å². The summed E-state index contributed by atoms with van der Waals surface area (Å²) >= 11 is 0. The Kier molecular flexibility index (Phi) is 5.08. The van der Waals surface area contributed by atoms with Gasteiger partial charge in [0.1, 0.15) is 0 Å². The molecule has 1 amide bonds. The lowest BCUT2D eigenvalue weighted by Gasteiger charge is -2.14. The first kappa shape index (κ1) is 15.5. The first-order valence-electron chi connectivity index (χ1n) is 8.10. The van der Waals surface area contributed by atoms with Gasteiger partial charge in [-0.3, -0.25) is 15.6 Å². The summed E-state index contributed by atoms with van der Waals surface area (Å²) in [6.07, 6.45) is 3.76. The first-order valence-corrected chi connectivity index (χ1v) is 8.10. The number of amides is 1. The third-order valence-corrected chi connectivity index (χ3v) is 4.66. The van der Waals surface area contributed by atoms with Crippen LogP contribution in [0, 0.1) is 0 Å². The lowest BCUT2D eigenvalue weighted by Crippen LogP contribution is -2.41. The van der Waals surface area contributed by atoms with Gasteiger partial charge in [0, 0.05) is 32.2 Å². The van der Waals surface area contributed by atoms with E-state index in [4.69, 9.17) is 4.74 Å². The van der Waals surface area contributed by atoms with E-state index in [0.717, 1.165) is 19.3 Å². The Labute approximate surface area is 131 Å². The SMILES string of the molecule is COCC1CC(CNC(=O)CC2CCc3ccccc32)NN1. The van der Waals surface area contributed by atoms with E-state index in [-0.39, 0.29) is 11.9 Å². The minimum atomic E-state index is 0.152. The van der Waals surface area contributed by atoms with Gasteiger partial charge < -0.3 is 10.1 Å². The Morgan fingerprint density at radius 3 is 3.00 bits per heavy atom. The summed E-state index contributed by atoms with van der Waals surface area (Å²) in [5.74, 6) is 0.533. The van der Waals surface area contributed by atoms with Gasteiger partial charge in [-0.2, -0.15) is 0 Å². The Morgan fingerprint density at radius 1 is 1.32 bits per heavy atom. The van der Waals surface area contributed by atoms with Gasteiger partial charge in [0.15, 0.2) is 0 Å². The number of carbonyl (C=O) groups excluding carboxylic acids is 1. The fraction of sp³-hybridized carbons (Fsp3) is 0.588. The summed E-state index contributed by atoms with van der Waals surface area (Å²) in [6.45, 7) is 1.36. The maximum atomic E-state index is 12.2. The van der Waals surface area contributed by atoms with E-state index in [0.29, 0.717) is 31.5 Å². The highest BCUT2D eigenvalue weighted by molar-refractivity contribution is 5.77. The van der Waals surface area contributed by atoms with Crippen molar-refractivity contribution in [3.05, 3.63) is 35.4 Å². The summed E-state index contributed by atoms with van der Waals surface area (Å²) in [6, 6.07) is 9.10. The Morgan fingerprint density at radius 2 is 2.14 bits per heavy atom. The zero-order valence-electron chi connectivity index (χ0n) is 13.1.